The number of carbonyl (C=O) groups excluding carboxylic acids is 1. The van der Waals surface area contributed by atoms with E-state index in [-0.39, 0.29) is 18.1 Å². The summed E-state index contributed by atoms with van der Waals surface area (Å²) in [6.07, 6.45) is 0.172. The van der Waals surface area contributed by atoms with Crippen LogP contribution in [0.1, 0.15) is 13.8 Å². The molecule has 1 fully saturated rings. The summed E-state index contributed by atoms with van der Waals surface area (Å²) in [6.45, 7) is 5.30. The Kier molecular flexibility index (Phi) is 5.43. The standard InChI is InChI=1S/C17H21N3O2S2/c1-11-8-20(9-12(2)22-11)14(21)10-23-17-19-15(16(18)24-17)13-6-4-3-5-7-13/h3-7,11-12H,8-10,18H2,1-2H3. The summed E-state index contributed by atoms with van der Waals surface area (Å²) in [6, 6.07) is 9.87. The molecule has 1 aromatic carbocycles. The van der Waals surface area contributed by atoms with Crippen LogP contribution in [-0.2, 0) is 9.53 Å². The highest BCUT2D eigenvalue weighted by Gasteiger charge is 2.26. The fourth-order valence-electron chi connectivity index (χ4n) is 2.77. The summed E-state index contributed by atoms with van der Waals surface area (Å²) in [7, 11) is 0. The number of nitrogens with two attached hydrogens (primary N) is 1. The third kappa shape index (κ3) is 4.09. The Balaban J connectivity index is 1.62. The number of benzene rings is 1. The zero-order valence-corrected chi connectivity index (χ0v) is 15.4. The van der Waals surface area contributed by atoms with Crippen LogP contribution in [-0.4, -0.2) is 46.8 Å². The van der Waals surface area contributed by atoms with Crippen LogP contribution >= 0.6 is 23.1 Å². The number of thioether (sulfide) groups is 1. The molecule has 0 saturated carbocycles. The number of thiazole rings is 1. The third-order valence-electron chi connectivity index (χ3n) is 3.77. The molecule has 128 valence electrons. The van der Waals surface area contributed by atoms with Gasteiger partial charge >= 0.3 is 0 Å². The molecule has 2 aromatic rings. The predicted molar refractivity (Wildman–Crippen MR) is 99.3 cm³/mol. The average Bonchev–Trinajstić information content (AvgIpc) is 2.93. The van der Waals surface area contributed by atoms with Crippen molar-refractivity contribution in [3.63, 3.8) is 0 Å². The van der Waals surface area contributed by atoms with Gasteiger partial charge in [-0.3, -0.25) is 4.79 Å². The van der Waals surface area contributed by atoms with Crippen LogP contribution in [0.15, 0.2) is 34.7 Å². The van der Waals surface area contributed by atoms with Crippen LogP contribution < -0.4 is 5.73 Å². The number of amides is 1. The van der Waals surface area contributed by atoms with Gasteiger partial charge < -0.3 is 15.4 Å². The van der Waals surface area contributed by atoms with Crippen molar-refractivity contribution in [1.82, 2.24) is 9.88 Å². The van der Waals surface area contributed by atoms with E-state index in [1.165, 1.54) is 23.1 Å². The fraction of sp³-hybridized carbons (Fsp3) is 0.412. The molecule has 0 radical (unpaired) electrons. The van der Waals surface area contributed by atoms with Gasteiger partial charge in [-0.1, -0.05) is 53.4 Å². The molecule has 1 amide bonds. The monoisotopic (exact) mass is 363 g/mol. The first-order valence-electron chi connectivity index (χ1n) is 7.90. The third-order valence-corrected chi connectivity index (χ3v) is 5.78. The molecule has 0 spiro atoms. The molecule has 2 atom stereocenters. The van der Waals surface area contributed by atoms with Gasteiger partial charge in [0.15, 0.2) is 4.34 Å². The SMILES string of the molecule is CC1CN(C(=O)CSc2nc(-c3ccccc3)c(N)s2)CC(C)O1. The number of ether oxygens (including phenoxy) is 1. The van der Waals surface area contributed by atoms with Crippen LogP contribution in [0.3, 0.4) is 0 Å². The highest BCUT2D eigenvalue weighted by molar-refractivity contribution is 8.01. The van der Waals surface area contributed by atoms with Crippen LogP contribution in [0.2, 0.25) is 0 Å². The van der Waals surface area contributed by atoms with Gasteiger partial charge in [0.2, 0.25) is 5.91 Å². The number of hydrogen-bond acceptors (Lipinski definition) is 6. The topological polar surface area (TPSA) is 68.5 Å². The van der Waals surface area contributed by atoms with Crippen molar-refractivity contribution in [2.24, 2.45) is 0 Å². The van der Waals surface area contributed by atoms with Crippen molar-refractivity contribution in [2.45, 2.75) is 30.4 Å². The molecular formula is C17H21N3O2S2. The lowest BCUT2D eigenvalue weighted by molar-refractivity contribution is -0.140. The number of nitrogen functional groups attached to an aromatic ring is 1. The highest BCUT2D eigenvalue weighted by atomic mass is 32.2. The molecular weight excluding hydrogens is 342 g/mol. The Labute approximate surface area is 150 Å². The molecule has 5 nitrogen and oxygen atoms in total. The molecule has 3 rings (SSSR count). The van der Waals surface area contributed by atoms with Crippen molar-refractivity contribution in [1.29, 1.82) is 0 Å². The first-order valence-corrected chi connectivity index (χ1v) is 9.71. The normalized spacial score (nSPS) is 21.0. The van der Waals surface area contributed by atoms with E-state index in [1.807, 2.05) is 49.1 Å². The summed E-state index contributed by atoms with van der Waals surface area (Å²) in [5.41, 5.74) is 7.89. The number of rotatable bonds is 4. The van der Waals surface area contributed by atoms with Gasteiger partial charge in [0.25, 0.3) is 0 Å². The van der Waals surface area contributed by atoms with Crippen molar-refractivity contribution in [3.8, 4) is 11.3 Å². The molecule has 1 aliphatic heterocycles. The molecule has 0 bridgehead atoms. The molecule has 2 unspecified atom stereocenters. The first-order chi connectivity index (χ1) is 11.5. The van der Waals surface area contributed by atoms with Gasteiger partial charge in [-0.2, -0.15) is 0 Å². The van der Waals surface area contributed by atoms with Gasteiger partial charge in [-0.25, -0.2) is 4.98 Å². The second kappa shape index (κ2) is 7.55. The van der Waals surface area contributed by atoms with Gasteiger partial charge in [-0.15, -0.1) is 0 Å². The van der Waals surface area contributed by atoms with E-state index in [9.17, 15) is 4.79 Å². The van der Waals surface area contributed by atoms with E-state index in [0.717, 1.165) is 15.6 Å². The smallest absolute Gasteiger partial charge is 0.233 e. The summed E-state index contributed by atoms with van der Waals surface area (Å²) < 4.78 is 6.50. The summed E-state index contributed by atoms with van der Waals surface area (Å²) >= 11 is 2.88. The van der Waals surface area contributed by atoms with Gasteiger partial charge in [0.05, 0.1) is 18.0 Å². The van der Waals surface area contributed by atoms with E-state index in [4.69, 9.17) is 10.5 Å². The summed E-state index contributed by atoms with van der Waals surface area (Å²) in [4.78, 5) is 18.9. The first kappa shape index (κ1) is 17.3. The van der Waals surface area contributed by atoms with E-state index < -0.39 is 0 Å². The number of hydrogen-bond donors (Lipinski definition) is 1. The van der Waals surface area contributed by atoms with Gasteiger partial charge in [0, 0.05) is 18.7 Å². The number of morpholine rings is 1. The van der Waals surface area contributed by atoms with Crippen molar-refractivity contribution >= 4 is 34.0 Å². The maximum atomic E-state index is 12.4. The number of aromatic nitrogens is 1. The lowest BCUT2D eigenvalue weighted by atomic mass is 10.2. The van der Waals surface area contributed by atoms with Crippen molar-refractivity contribution in [3.05, 3.63) is 30.3 Å². The van der Waals surface area contributed by atoms with Crippen LogP contribution in [0.4, 0.5) is 5.00 Å². The maximum absolute atomic E-state index is 12.4. The molecule has 1 saturated heterocycles. The molecule has 7 heteroatoms. The van der Waals surface area contributed by atoms with Gasteiger partial charge in [-0.05, 0) is 13.8 Å². The Hall–Kier alpha value is -1.57. The second-order valence-corrected chi connectivity index (χ2v) is 8.16. The summed E-state index contributed by atoms with van der Waals surface area (Å²) in [5, 5.41) is 0.685. The molecule has 2 N–H and O–H groups in total. The van der Waals surface area contributed by atoms with E-state index in [0.29, 0.717) is 23.8 Å². The molecule has 0 aliphatic carbocycles. The second-order valence-electron chi connectivity index (χ2n) is 5.90. The molecule has 1 aliphatic rings. The van der Waals surface area contributed by atoms with Crippen molar-refractivity contribution < 1.29 is 9.53 Å². The number of anilines is 1. The highest BCUT2D eigenvalue weighted by Crippen LogP contribution is 2.35. The van der Waals surface area contributed by atoms with Crippen LogP contribution in [0, 0.1) is 0 Å². The zero-order valence-electron chi connectivity index (χ0n) is 13.8. The number of carbonyl (C=O) groups is 1. The van der Waals surface area contributed by atoms with Gasteiger partial charge in [0.1, 0.15) is 10.7 Å². The minimum Gasteiger partial charge on any atom is -0.389 e. The molecule has 24 heavy (non-hydrogen) atoms. The Morgan fingerprint density at radius 3 is 2.67 bits per heavy atom. The van der Waals surface area contributed by atoms with Crippen LogP contribution in [0.5, 0.6) is 0 Å². The Bertz CT molecular complexity index is 695. The van der Waals surface area contributed by atoms with Crippen LogP contribution in [0.25, 0.3) is 11.3 Å². The lowest BCUT2D eigenvalue weighted by Crippen LogP contribution is -2.48. The Morgan fingerprint density at radius 1 is 1.33 bits per heavy atom. The number of nitrogens with zero attached hydrogens (tertiary/aromatic N) is 2. The minimum atomic E-state index is 0.0860. The summed E-state index contributed by atoms with van der Waals surface area (Å²) in [5.74, 6) is 0.498. The zero-order chi connectivity index (χ0) is 17.1. The maximum Gasteiger partial charge on any atom is 0.233 e. The fourth-order valence-corrected chi connectivity index (χ4v) is 4.62. The van der Waals surface area contributed by atoms with E-state index in [2.05, 4.69) is 4.98 Å². The lowest BCUT2D eigenvalue weighted by Gasteiger charge is -2.35. The average molecular weight is 364 g/mol. The van der Waals surface area contributed by atoms with E-state index in [1.54, 1.807) is 0 Å². The largest absolute Gasteiger partial charge is 0.389 e. The quantitative estimate of drug-likeness (QED) is 0.845. The van der Waals surface area contributed by atoms with E-state index >= 15 is 0 Å². The molecule has 1 aromatic heterocycles. The van der Waals surface area contributed by atoms with Crippen molar-refractivity contribution in [2.75, 3.05) is 24.6 Å². The predicted octanol–water partition coefficient (Wildman–Crippen LogP) is 3.12. The Morgan fingerprint density at radius 2 is 2.00 bits per heavy atom. The minimum absolute atomic E-state index is 0.0860. The molecule has 2 heterocycles.